The average Bonchev–Trinajstić information content (AvgIpc) is 3.30. The van der Waals surface area contributed by atoms with Crippen LogP contribution < -0.4 is 5.73 Å². The smallest absolute Gasteiger partial charge is 0.397 e. The van der Waals surface area contributed by atoms with Gasteiger partial charge in [-0.2, -0.15) is 13.2 Å². The minimum atomic E-state index is -4.36. The fraction of sp³-hybridized carbons (Fsp3) is 0.536. The summed E-state index contributed by atoms with van der Waals surface area (Å²) in [6, 6.07) is 4.23. The van der Waals surface area contributed by atoms with Gasteiger partial charge in [-0.1, -0.05) is 31.7 Å². The molecule has 2 rings (SSSR count). The molecule has 0 amide bonds. The SMILES string of the molecule is C=C(N)C(C=C(C)C)=NC(=C)N(CC)N(C)C(CC)Cc1ccc(C(F)(F)F)cc1CN1CCCC1. The largest absolute Gasteiger partial charge is 0.416 e. The Hall–Kier alpha value is -2.58. The highest BCUT2D eigenvalue weighted by molar-refractivity contribution is 6.08. The molecule has 1 atom stereocenters. The molecule has 0 radical (unpaired) electrons. The molecule has 1 unspecified atom stereocenters. The molecular weight excluding hydrogens is 463 g/mol. The van der Waals surface area contributed by atoms with E-state index in [-0.39, 0.29) is 6.04 Å². The van der Waals surface area contributed by atoms with Crippen molar-refractivity contribution in [3.05, 3.63) is 71.2 Å². The van der Waals surface area contributed by atoms with E-state index in [1.54, 1.807) is 6.07 Å². The summed E-state index contributed by atoms with van der Waals surface area (Å²) in [5.41, 5.74) is 9.02. The van der Waals surface area contributed by atoms with Gasteiger partial charge in [0.2, 0.25) is 0 Å². The molecule has 1 heterocycles. The van der Waals surface area contributed by atoms with Gasteiger partial charge in [0.25, 0.3) is 0 Å². The zero-order chi connectivity index (χ0) is 27.0. The lowest BCUT2D eigenvalue weighted by Crippen LogP contribution is -2.46. The Morgan fingerprint density at radius 2 is 1.81 bits per heavy atom. The Morgan fingerprint density at radius 1 is 1.17 bits per heavy atom. The van der Waals surface area contributed by atoms with Crippen molar-refractivity contribution in [2.75, 3.05) is 26.7 Å². The van der Waals surface area contributed by atoms with Crippen LogP contribution in [0.1, 0.15) is 63.6 Å². The number of benzene rings is 1. The fourth-order valence-corrected chi connectivity index (χ4v) is 4.58. The van der Waals surface area contributed by atoms with Gasteiger partial charge in [-0.15, -0.1) is 0 Å². The lowest BCUT2D eigenvalue weighted by molar-refractivity contribution is -0.137. The number of halogens is 3. The number of alkyl halides is 3. The summed E-state index contributed by atoms with van der Waals surface area (Å²) in [7, 11) is 1.97. The minimum Gasteiger partial charge on any atom is -0.397 e. The molecule has 1 fully saturated rings. The Balaban J connectivity index is 2.33. The molecule has 1 aliphatic rings. The first-order chi connectivity index (χ1) is 16.9. The molecule has 0 aliphatic carbocycles. The molecule has 2 N–H and O–H groups in total. The number of hydrogen-bond acceptors (Lipinski definition) is 5. The number of likely N-dealkylation sites (tertiary alicyclic amines) is 1. The third-order valence-corrected chi connectivity index (χ3v) is 6.56. The molecule has 0 saturated carbocycles. The molecule has 5 nitrogen and oxygen atoms in total. The van der Waals surface area contributed by atoms with Crippen LogP contribution in [0.5, 0.6) is 0 Å². The van der Waals surface area contributed by atoms with Crippen LogP contribution in [-0.4, -0.2) is 53.4 Å². The molecule has 1 aromatic rings. The maximum Gasteiger partial charge on any atom is 0.416 e. The molecule has 36 heavy (non-hydrogen) atoms. The molecule has 0 bridgehead atoms. The topological polar surface area (TPSA) is 48.1 Å². The molecule has 8 heteroatoms. The summed E-state index contributed by atoms with van der Waals surface area (Å²) in [6.07, 6.45) is 1.11. The van der Waals surface area contributed by atoms with Crippen LogP contribution in [0.3, 0.4) is 0 Å². The van der Waals surface area contributed by atoms with Crippen LogP contribution in [0.15, 0.2) is 59.5 Å². The zero-order valence-corrected chi connectivity index (χ0v) is 22.5. The van der Waals surface area contributed by atoms with Gasteiger partial charge in [0.1, 0.15) is 5.82 Å². The quantitative estimate of drug-likeness (QED) is 0.274. The van der Waals surface area contributed by atoms with E-state index in [1.165, 1.54) is 12.1 Å². The average molecular weight is 506 g/mol. The predicted molar refractivity (Wildman–Crippen MR) is 143 cm³/mol. The van der Waals surface area contributed by atoms with Crippen LogP contribution in [0.25, 0.3) is 0 Å². The van der Waals surface area contributed by atoms with E-state index < -0.39 is 11.7 Å². The lowest BCUT2D eigenvalue weighted by atomic mass is 9.96. The number of likely N-dealkylation sites (N-methyl/N-ethyl adjacent to an activating group) is 1. The van der Waals surface area contributed by atoms with Crippen molar-refractivity contribution in [3.8, 4) is 0 Å². The van der Waals surface area contributed by atoms with Crippen molar-refractivity contribution in [3.63, 3.8) is 0 Å². The maximum absolute atomic E-state index is 13.5. The first-order valence-electron chi connectivity index (χ1n) is 12.7. The summed E-state index contributed by atoms with van der Waals surface area (Å²) in [6.45, 7) is 19.0. The van der Waals surface area contributed by atoms with Crippen molar-refractivity contribution >= 4 is 5.71 Å². The highest BCUT2D eigenvalue weighted by Crippen LogP contribution is 2.32. The Kier molecular flexibility index (Phi) is 10.8. The molecule has 0 aromatic heterocycles. The minimum absolute atomic E-state index is 0.0407. The maximum atomic E-state index is 13.5. The van der Waals surface area contributed by atoms with Crippen molar-refractivity contribution in [2.24, 2.45) is 10.7 Å². The Morgan fingerprint density at radius 3 is 2.31 bits per heavy atom. The van der Waals surface area contributed by atoms with E-state index >= 15 is 0 Å². The van der Waals surface area contributed by atoms with Gasteiger partial charge in [0, 0.05) is 26.2 Å². The first-order valence-corrected chi connectivity index (χ1v) is 12.7. The fourth-order valence-electron chi connectivity index (χ4n) is 4.58. The predicted octanol–water partition coefficient (Wildman–Crippen LogP) is 6.14. The van der Waals surface area contributed by atoms with Crippen molar-refractivity contribution in [1.82, 2.24) is 14.9 Å². The van der Waals surface area contributed by atoms with Gasteiger partial charge < -0.3 is 5.73 Å². The second-order valence-electron chi connectivity index (χ2n) is 9.68. The normalized spacial score (nSPS) is 15.8. The summed E-state index contributed by atoms with van der Waals surface area (Å²) >= 11 is 0. The Bertz CT molecular complexity index is 970. The number of hydrogen-bond donors (Lipinski definition) is 1. The van der Waals surface area contributed by atoms with E-state index in [4.69, 9.17) is 5.73 Å². The highest BCUT2D eigenvalue weighted by Gasteiger charge is 2.32. The van der Waals surface area contributed by atoms with Crippen LogP contribution in [0.4, 0.5) is 13.2 Å². The monoisotopic (exact) mass is 505 g/mol. The molecule has 200 valence electrons. The number of allylic oxidation sites excluding steroid dienone is 2. The first kappa shape index (κ1) is 29.6. The van der Waals surface area contributed by atoms with Crippen LogP contribution in [0.2, 0.25) is 0 Å². The van der Waals surface area contributed by atoms with Crippen molar-refractivity contribution in [1.29, 1.82) is 0 Å². The number of nitrogens with two attached hydrogens (primary N) is 1. The van der Waals surface area contributed by atoms with Crippen molar-refractivity contribution < 1.29 is 13.2 Å². The third kappa shape index (κ3) is 8.23. The summed E-state index contributed by atoms with van der Waals surface area (Å²) in [5, 5.41) is 4.06. The third-order valence-electron chi connectivity index (χ3n) is 6.56. The molecular formula is C28H42F3N5. The standard InChI is InChI=1S/C28H42F3N5/c1-8-26(34(7)36(9-2)22(6)33-27(21(5)32)16-20(3)4)18-23-12-13-25(28(29,30)31)17-24(23)19-35-14-10-11-15-35/h12-13,16-17,26H,5-6,8-11,14-15,18-19,32H2,1-4,7H3. The summed E-state index contributed by atoms with van der Waals surface area (Å²) in [4.78, 5) is 6.87. The van der Waals surface area contributed by atoms with Crippen LogP contribution in [0, 0.1) is 0 Å². The molecule has 0 spiro atoms. The van der Waals surface area contributed by atoms with E-state index in [1.807, 2.05) is 38.9 Å². The molecule has 1 saturated heterocycles. The summed E-state index contributed by atoms with van der Waals surface area (Å²) < 4.78 is 40.4. The van der Waals surface area contributed by atoms with Gasteiger partial charge >= 0.3 is 6.18 Å². The second-order valence-corrected chi connectivity index (χ2v) is 9.68. The highest BCUT2D eigenvalue weighted by atomic mass is 19.4. The van der Waals surface area contributed by atoms with Crippen LogP contribution in [-0.2, 0) is 19.1 Å². The van der Waals surface area contributed by atoms with Gasteiger partial charge in [0.15, 0.2) is 0 Å². The lowest BCUT2D eigenvalue weighted by Gasteiger charge is -2.38. The van der Waals surface area contributed by atoms with E-state index in [0.717, 1.165) is 49.1 Å². The van der Waals surface area contributed by atoms with Gasteiger partial charge in [0.05, 0.1) is 17.0 Å². The van der Waals surface area contributed by atoms with E-state index in [0.29, 0.717) is 36.7 Å². The number of aliphatic imine (C=N–C) groups is 1. The second kappa shape index (κ2) is 13.1. The molecule has 1 aromatic carbocycles. The number of rotatable bonds is 12. The van der Waals surface area contributed by atoms with Gasteiger partial charge in [-0.3, -0.25) is 9.91 Å². The molecule has 1 aliphatic heterocycles. The van der Waals surface area contributed by atoms with Crippen molar-refractivity contribution in [2.45, 2.75) is 72.1 Å². The van der Waals surface area contributed by atoms with Gasteiger partial charge in [-0.25, -0.2) is 10.0 Å². The van der Waals surface area contributed by atoms with Gasteiger partial charge in [-0.05, 0) is 88.9 Å². The Labute approximate surface area is 214 Å². The zero-order valence-electron chi connectivity index (χ0n) is 22.5. The summed E-state index contributed by atoms with van der Waals surface area (Å²) in [5.74, 6) is 0.530. The van der Waals surface area contributed by atoms with E-state index in [2.05, 4.69) is 35.0 Å². The number of nitrogens with zero attached hydrogens (tertiary/aromatic N) is 4. The number of hydrazine groups is 1. The van der Waals surface area contributed by atoms with E-state index in [9.17, 15) is 13.2 Å². The van der Waals surface area contributed by atoms with Crippen LogP contribution >= 0.6 is 0 Å².